The fraction of sp³-hybridized carbons (Fsp3) is 1.00. The van der Waals surface area contributed by atoms with Crippen LogP contribution in [0.2, 0.25) is 0 Å². The van der Waals surface area contributed by atoms with Crippen LogP contribution >= 0.6 is 11.8 Å². The zero-order chi connectivity index (χ0) is 6.91. The Morgan fingerprint density at radius 2 is 2.33 bits per heavy atom. The lowest BCUT2D eigenvalue weighted by atomic mass is 9.98. The third-order valence-electron chi connectivity index (χ3n) is 1.48. The van der Waals surface area contributed by atoms with Crippen LogP contribution in [0.25, 0.3) is 0 Å². The summed E-state index contributed by atoms with van der Waals surface area (Å²) in [6, 6.07) is 0. The Labute approximate surface area is 59.8 Å². The van der Waals surface area contributed by atoms with Crippen LogP contribution in [0, 0.1) is 0 Å². The Hall–Kier alpha value is 0.270. The molecule has 0 aromatic carbocycles. The molecule has 2 nitrogen and oxygen atoms in total. The molecule has 1 aliphatic rings. The molecule has 1 atom stereocenters. The first kappa shape index (κ1) is 7.38. The van der Waals surface area contributed by atoms with Gasteiger partial charge in [0.25, 0.3) is 0 Å². The van der Waals surface area contributed by atoms with Crippen LogP contribution in [0.3, 0.4) is 0 Å². The molecule has 0 radical (unpaired) electrons. The van der Waals surface area contributed by atoms with Crippen molar-refractivity contribution in [2.24, 2.45) is 5.73 Å². The largest absolute Gasteiger partial charge is 0.393 e. The first-order valence-electron chi connectivity index (χ1n) is 3.17. The van der Waals surface area contributed by atoms with E-state index in [-0.39, 0.29) is 11.6 Å². The fourth-order valence-corrected chi connectivity index (χ4v) is 2.03. The molecule has 1 saturated heterocycles. The van der Waals surface area contributed by atoms with Gasteiger partial charge in [0.05, 0.1) is 6.10 Å². The van der Waals surface area contributed by atoms with Gasteiger partial charge in [-0.25, -0.2) is 0 Å². The quantitative estimate of drug-likeness (QED) is 0.586. The first-order valence-corrected chi connectivity index (χ1v) is 4.33. The van der Waals surface area contributed by atoms with Gasteiger partial charge in [0, 0.05) is 17.0 Å². The van der Waals surface area contributed by atoms with E-state index in [1.807, 2.05) is 11.8 Å². The lowest BCUT2D eigenvalue weighted by Crippen LogP contribution is -2.53. The van der Waals surface area contributed by atoms with E-state index in [2.05, 4.69) is 0 Å². The molecule has 0 amide bonds. The Morgan fingerprint density at radius 1 is 1.78 bits per heavy atom. The summed E-state index contributed by atoms with van der Waals surface area (Å²) in [5, 5.41) is 8.96. The molecule has 1 heterocycles. The van der Waals surface area contributed by atoms with E-state index < -0.39 is 0 Å². The van der Waals surface area contributed by atoms with Crippen molar-refractivity contribution in [3.05, 3.63) is 0 Å². The van der Waals surface area contributed by atoms with Crippen molar-refractivity contribution in [3.63, 3.8) is 0 Å². The van der Waals surface area contributed by atoms with Crippen LogP contribution in [0.4, 0.5) is 0 Å². The smallest absolute Gasteiger partial charge is 0.0530 e. The highest BCUT2D eigenvalue weighted by Gasteiger charge is 2.34. The van der Waals surface area contributed by atoms with Crippen LogP contribution in [0.5, 0.6) is 0 Å². The summed E-state index contributed by atoms with van der Waals surface area (Å²) in [7, 11) is 0. The summed E-state index contributed by atoms with van der Waals surface area (Å²) in [5.74, 6) is 2.02. The van der Waals surface area contributed by atoms with E-state index in [0.717, 1.165) is 17.9 Å². The molecule has 3 heteroatoms. The van der Waals surface area contributed by atoms with Crippen molar-refractivity contribution < 1.29 is 5.11 Å². The van der Waals surface area contributed by atoms with Crippen LogP contribution in [0.1, 0.15) is 13.3 Å². The molecule has 54 valence electrons. The molecular weight excluding hydrogens is 134 g/mol. The Kier molecular flexibility index (Phi) is 2.03. The second-order valence-corrected chi connectivity index (χ2v) is 3.89. The zero-order valence-electron chi connectivity index (χ0n) is 5.63. The second-order valence-electron chi connectivity index (χ2n) is 2.91. The topological polar surface area (TPSA) is 46.2 Å². The standard InChI is InChI=1S/C6H13NOS/c1-5(8)2-6(7)3-9-4-6/h5,8H,2-4,7H2,1H3. The summed E-state index contributed by atoms with van der Waals surface area (Å²) in [6.07, 6.45) is 0.510. The maximum absolute atomic E-state index is 8.96. The first-order chi connectivity index (χ1) is 4.12. The van der Waals surface area contributed by atoms with Crippen molar-refractivity contribution in [3.8, 4) is 0 Å². The van der Waals surface area contributed by atoms with Gasteiger partial charge in [-0.05, 0) is 13.3 Å². The van der Waals surface area contributed by atoms with Crippen molar-refractivity contribution >= 4 is 11.8 Å². The number of aliphatic hydroxyl groups is 1. The molecule has 0 aromatic rings. The second kappa shape index (κ2) is 2.48. The SMILES string of the molecule is CC(O)CC1(N)CSC1. The fourth-order valence-electron chi connectivity index (χ4n) is 1.07. The van der Waals surface area contributed by atoms with E-state index in [4.69, 9.17) is 10.8 Å². The minimum absolute atomic E-state index is 0.0428. The predicted molar refractivity (Wildman–Crippen MR) is 40.5 cm³/mol. The van der Waals surface area contributed by atoms with E-state index in [1.54, 1.807) is 6.92 Å². The predicted octanol–water partition coefficient (Wildman–Crippen LogP) is 0.202. The van der Waals surface area contributed by atoms with Gasteiger partial charge >= 0.3 is 0 Å². The average molecular weight is 147 g/mol. The number of rotatable bonds is 2. The maximum atomic E-state index is 8.96. The van der Waals surface area contributed by atoms with Gasteiger partial charge in [0.2, 0.25) is 0 Å². The van der Waals surface area contributed by atoms with Crippen LogP contribution in [-0.4, -0.2) is 28.3 Å². The number of aliphatic hydroxyl groups excluding tert-OH is 1. The molecule has 0 aliphatic carbocycles. The number of nitrogens with two attached hydrogens (primary N) is 1. The van der Waals surface area contributed by atoms with E-state index in [1.165, 1.54) is 0 Å². The lowest BCUT2D eigenvalue weighted by molar-refractivity contribution is 0.158. The Balaban J connectivity index is 2.24. The van der Waals surface area contributed by atoms with E-state index in [9.17, 15) is 0 Å². The molecule has 1 unspecified atom stereocenters. The van der Waals surface area contributed by atoms with Gasteiger partial charge in [-0.15, -0.1) is 0 Å². The third-order valence-corrected chi connectivity index (χ3v) is 3.04. The normalized spacial score (nSPS) is 27.0. The van der Waals surface area contributed by atoms with E-state index >= 15 is 0 Å². The van der Waals surface area contributed by atoms with Crippen LogP contribution in [0.15, 0.2) is 0 Å². The molecule has 1 aliphatic heterocycles. The van der Waals surface area contributed by atoms with Gasteiger partial charge < -0.3 is 10.8 Å². The number of hydrogen-bond acceptors (Lipinski definition) is 3. The molecule has 0 saturated carbocycles. The number of hydrogen-bond donors (Lipinski definition) is 2. The molecule has 0 spiro atoms. The zero-order valence-corrected chi connectivity index (χ0v) is 6.45. The molecule has 1 fully saturated rings. The minimum atomic E-state index is -0.240. The van der Waals surface area contributed by atoms with E-state index in [0.29, 0.717) is 0 Å². The molecule has 3 N–H and O–H groups in total. The minimum Gasteiger partial charge on any atom is -0.393 e. The van der Waals surface area contributed by atoms with Crippen molar-refractivity contribution in [2.75, 3.05) is 11.5 Å². The summed E-state index contributed by atoms with van der Waals surface area (Å²) >= 11 is 1.85. The average Bonchev–Trinajstić information content (AvgIpc) is 1.60. The highest BCUT2D eigenvalue weighted by atomic mass is 32.2. The van der Waals surface area contributed by atoms with Gasteiger partial charge in [-0.1, -0.05) is 0 Å². The maximum Gasteiger partial charge on any atom is 0.0530 e. The van der Waals surface area contributed by atoms with Crippen molar-refractivity contribution in [1.82, 2.24) is 0 Å². The molecular formula is C6H13NOS. The van der Waals surface area contributed by atoms with Gasteiger partial charge in [0.1, 0.15) is 0 Å². The molecule has 1 rings (SSSR count). The summed E-state index contributed by atoms with van der Waals surface area (Å²) in [6.45, 7) is 1.79. The van der Waals surface area contributed by atoms with Crippen molar-refractivity contribution in [1.29, 1.82) is 0 Å². The van der Waals surface area contributed by atoms with Gasteiger partial charge in [-0.2, -0.15) is 11.8 Å². The molecule has 9 heavy (non-hydrogen) atoms. The highest BCUT2D eigenvalue weighted by Crippen LogP contribution is 2.30. The Bertz CT molecular complexity index is 101. The monoisotopic (exact) mass is 147 g/mol. The summed E-state index contributed by atoms with van der Waals surface area (Å²) < 4.78 is 0. The van der Waals surface area contributed by atoms with Crippen LogP contribution in [-0.2, 0) is 0 Å². The summed E-state index contributed by atoms with van der Waals surface area (Å²) in [5.41, 5.74) is 5.78. The van der Waals surface area contributed by atoms with Gasteiger partial charge in [-0.3, -0.25) is 0 Å². The van der Waals surface area contributed by atoms with Gasteiger partial charge in [0.15, 0.2) is 0 Å². The lowest BCUT2D eigenvalue weighted by Gasteiger charge is -2.38. The highest BCUT2D eigenvalue weighted by molar-refractivity contribution is 8.00. The van der Waals surface area contributed by atoms with Crippen LogP contribution < -0.4 is 5.73 Å². The molecule has 0 aromatic heterocycles. The Morgan fingerprint density at radius 3 is 2.44 bits per heavy atom. The summed E-state index contributed by atoms with van der Waals surface area (Å²) in [4.78, 5) is 0. The molecule has 0 bridgehead atoms. The number of thioether (sulfide) groups is 1. The van der Waals surface area contributed by atoms with Crippen molar-refractivity contribution in [2.45, 2.75) is 25.0 Å². The third kappa shape index (κ3) is 1.85.